The van der Waals surface area contributed by atoms with E-state index in [0.717, 1.165) is 31.3 Å². The minimum absolute atomic E-state index is 0.253. The summed E-state index contributed by atoms with van der Waals surface area (Å²) >= 11 is 0. The molecule has 3 nitrogen and oxygen atoms in total. The van der Waals surface area contributed by atoms with E-state index >= 15 is 0 Å². The minimum atomic E-state index is 0.253. The fourth-order valence-corrected chi connectivity index (χ4v) is 2.42. The van der Waals surface area contributed by atoms with Gasteiger partial charge in [-0.25, -0.2) is 0 Å². The van der Waals surface area contributed by atoms with E-state index in [4.69, 9.17) is 0 Å². The molecule has 1 rings (SSSR count). The van der Waals surface area contributed by atoms with Crippen molar-refractivity contribution in [1.29, 1.82) is 0 Å². The molecule has 0 aromatic heterocycles. The number of hydrogen-bond donors (Lipinski definition) is 2. The molecular formula is C13H28N2O. The molecular weight excluding hydrogens is 200 g/mol. The molecule has 0 aromatic carbocycles. The lowest BCUT2D eigenvalue weighted by Crippen LogP contribution is -2.43. The van der Waals surface area contributed by atoms with E-state index in [0.29, 0.717) is 0 Å². The van der Waals surface area contributed by atoms with E-state index in [1.165, 1.54) is 19.5 Å². The monoisotopic (exact) mass is 228 g/mol. The predicted molar refractivity (Wildman–Crippen MR) is 68.6 cm³/mol. The van der Waals surface area contributed by atoms with Gasteiger partial charge in [-0.2, -0.15) is 0 Å². The molecule has 0 radical (unpaired) electrons. The molecule has 0 saturated carbocycles. The van der Waals surface area contributed by atoms with Gasteiger partial charge in [-0.15, -0.1) is 0 Å². The summed E-state index contributed by atoms with van der Waals surface area (Å²) in [4.78, 5) is 2.49. The molecule has 2 unspecified atom stereocenters. The van der Waals surface area contributed by atoms with Crippen molar-refractivity contribution in [1.82, 2.24) is 10.2 Å². The second-order valence-corrected chi connectivity index (χ2v) is 5.39. The average molecular weight is 228 g/mol. The van der Waals surface area contributed by atoms with Gasteiger partial charge in [0.1, 0.15) is 0 Å². The summed E-state index contributed by atoms with van der Waals surface area (Å²) in [6, 6.07) is 0.255. The van der Waals surface area contributed by atoms with Gasteiger partial charge >= 0.3 is 0 Å². The second kappa shape index (κ2) is 7.25. The van der Waals surface area contributed by atoms with Crippen molar-refractivity contribution in [2.45, 2.75) is 39.7 Å². The fourth-order valence-electron chi connectivity index (χ4n) is 2.42. The summed E-state index contributed by atoms with van der Waals surface area (Å²) in [7, 11) is 0. The van der Waals surface area contributed by atoms with Crippen molar-refractivity contribution in [3.05, 3.63) is 0 Å². The lowest BCUT2D eigenvalue weighted by molar-refractivity contribution is 0.193. The lowest BCUT2D eigenvalue weighted by Gasteiger charge is -2.23. The first-order chi connectivity index (χ1) is 7.67. The summed E-state index contributed by atoms with van der Waals surface area (Å²) in [5, 5.41) is 12.7. The SMILES string of the molecule is CCCNC(CO)CN1CCC(C(C)C)C1. The molecule has 16 heavy (non-hydrogen) atoms. The number of aliphatic hydroxyl groups excluding tert-OH is 1. The quantitative estimate of drug-likeness (QED) is 0.690. The van der Waals surface area contributed by atoms with Crippen LogP contribution < -0.4 is 5.32 Å². The highest BCUT2D eigenvalue weighted by atomic mass is 16.3. The van der Waals surface area contributed by atoms with Gasteiger partial charge < -0.3 is 15.3 Å². The van der Waals surface area contributed by atoms with Crippen LogP contribution in [0.15, 0.2) is 0 Å². The summed E-state index contributed by atoms with van der Waals surface area (Å²) in [5.41, 5.74) is 0. The Bertz CT molecular complexity index is 185. The van der Waals surface area contributed by atoms with E-state index in [2.05, 4.69) is 31.0 Å². The number of rotatable bonds is 7. The van der Waals surface area contributed by atoms with Crippen LogP contribution in [0.4, 0.5) is 0 Å². The molecule has 2 N–H and O–H groups in total. The molecule has 1 fully saturated rings. The average Bonchev–Trinajstić information content (AvgIpc) is 2.72. The van der Waals surface area contributed by atoms with Crippen molar-refractivity contribution in [3.8, 4) is 0 Å². The Hall–Kier alpha value is -0.120. The fraction of sp³-hybridized carbons (Fsp3) is 1.00. The molecule has 1 aliphatic heterocycles. The Labute approximate surface area is 100 Å². The van der Waals surface area contributed by atoms with Gasteiger partial charge in [0, 0.05) is 19.1 Å². The van der Waals surface area contributed by atoms with Crippen molar-refractivity contribution in [3.63, 3.8) is 0 Å². The minimum Gasteiger partial charge on any atom is -0.395 e. The molecule has 1 saturated heterocycles. The van der Waals surface area contributed by atoms with Crippen LogP contribution in [0.1, 0.15) is 33.6 Å². The van der Waals surface area contributed by atoms with Crippen LogP contribution in [0, 0.1) is 11.8 Å². The molecule has 2 atom stereocenters. The topological polar surface area (TPSA) is 35.5 Å². The van der Waals surface area contributed by atoms with Crippen LogP contribution in [0.5, 0.6) is 0 Å². The van der Waals surface area contributed by atoms with Crippen molar-refractivity contribution in [2.75, 3.05) is 32.8 Å². The molecule has 1 heterocycles. The van der Waals surface area contributed by atoms with E-state index in [1.54, 1.807) is 0 Å². The molecule has 96 valence electrons. The smallest absolute Gasteiger partial charge is 0.0597 e. The zero-order valence-electron chi connectivity index (χ0n) is 11.1. The van der Waals surface area contributed by atoms with Crippen LogP contribution in [-0.4, -0.2) is 48.8 Å². The van der Waals surface area contributed by atoms with E-state index in [-0.39, 0.29) is 12.6 Å². The van der Waals surface area contributed by atoms with Crippen molar-refractivity contribution in [2.24, 2.45) is 11.8 Å². The van der Waals surface area contributed by atoms with Gasteiger partial charge in [0.05, 0.1) is 6.61 Å². The van der Waals surface area contributed by atoms with E-state index in [9.17, 15) is 5.11 Å². The maximum absolute atomic E-state index is 9.30. The molecule has 0 bridgehead atoms. The number of nitrogens with one attached hydrogen (secondary N) is 1. The Morgan fingerprint density at radius 2 is 2.19 bits per heavy atom. The third-order valence-corrected chi connectivity index (χ3v) is 3.63. The normalized spacial score (nSPS) is 24.2. The molecule has 0 aromatic rings. The van der Waals surface area contributed by atoms with Gasteiger partial charge in [0.2, 0.25) is 0 Å². The standard InChI is InChI=1S/C13H28N2O/c1-4-6-14-13(10-16)9-15-7-5-12(8-15)11(2)3/h11-14,16H,4-10H2,1-3H3. The van der Waals surface area contributed by atoms with Crippen LogP contribution >= 0.6 is 0 Å². The largest absolute Gasteiger partial charge is 0.395 e. The van der Waals surface area contributed by atoms with Crippen LogP contribution in [0.2, 0.25) is 0 Å². The number of hydrogen-bond acceptors (Lipinski definition) is 3. The summed E-state index contributed by atoms with van der Waals surface area (Å²) in [5.74, 6) is 1.65. The highest BCUT2D eigenvalue weighted by Crippen LogP contribution is 2.23. The first kappa shape index (κ1) is 13.9. The summed E-state index contributed by atoms with van der Waals surface area (Å²) in [6.45, 7) is 11.5. The lowest BCUT2D eigenvalue weighted by atomic mass is 9.95. The van der Waals surface area contributed by atoms with Gasteiger partial charge in [0.25, 0.3) is 0 Å². The highest BCUT2D eigenvalue weighted by Gasteiger charge is 2.26. The van der Waals surface area contributed by atoms with E-state index in [1.807, 2.05) is 0 Å². The zero-order chi connectivity index (χ0) is 12.0. The highest BCUT2D eigenvalue weighted by molar-refractivity contribution is 4.81. The molecule has 3 heteroatoms. The molecule has 0 spiro atoms. The molecule has 0 aliphatic carbocycles. The number of aliphatic hydroxyl groups is 1. The molecule has 0 amide bonds. The second-order valence-electron chi connectivity index (χ2n) is 5.39. The van der Waals surface area contributed by atoms with Crippen LogP contribution in [0.3, 0.4) is 0 Å². The van der Waals surface area contributed by atoms with Crippen LogP contribution in [-0.2, 0) is 0 Å². The third-order valence-electron chi connectivity index (χ3n) is 3.63. The first-order valence-corrected chi connectivity index (χ1v) is 6.74. The Morgan fingerprint density at radius 3 is 2.69 bits per heavy atom. The van der Waals surface area contributed by atoms with Crippen molar-refractivity contribution >= 4 is 0 Å². The zero-order valence-corrected chi connectivity index (χ0v) is 11.1. The number of nitrogens with zero attached hydrogens (tertiary/aromatic N) is 1. The molecule has 1 aliphatic rings. The predicted octanol–water partition coefficient (Wildman–Crippen LogP) is 1.32. The van der Waals surface area contributed by atoms with Gasteiger partial charge in [0.15, 0.2) is 0 Å². The van der Waals surface area contributed by atoms with Gasteiger partial charge in [-0.1, -0.05) is 20.8 Å². The van der Waals surface area contributed by atoms with Gasteiger partial charge in [-0.05, 0) is 37.8 Å². The van der Waals surface area contributed by atoms with Gasteiger partial charge in [-0.3, -0.25) is 0 Å². The van der Waals surface area contributed by atoms with Crippen molar-refractivity contribution < 1.29 is 5.11 Å². The van der Waals surface area contributed by atoms with Crippen LogP contribution in [0.25, 0.3) is 0 Å². The Morgan fingerprint density at radius 1 is 1.44 bits per heavy atom. The first-order valence-electron chi connectivity index (χ1n) is 6.74. The summed E-state index contributed by atoms with van der Waals surface area (Å²) < 4.78 is 0. The third kappa shape index (κ3) is 4.40. The Balaban J connectivity index is 2.25. The van der Waals surface area contributed by atoms with E-state index < -0.39 is 0 Å². The summed E-state index contributed by atoms with van der Waals surface area (Å²) in [6.07, 6.45) is 2.45. The Kier molecular flexibility index (Phi) is 6.32. The maximum Gasteiger partial charge on any atom is 0.0597 e. The number of likely N-dealkylation sites (tertiary alicyclic amines) is 1. The maximum atomic E-state index is 9.30.